The van der Waals surface area contributed by atoms with Crippen LogP contribution in [0.1, 0.15) is 11.1 Å². The highest BCUT2D eigenvalue weighted by Gasteiger charge is 2.25. The van der Waals surface area contributed by atoms with E-state index in [-0.39, 0.29) is 11.9 Å². The summed E-state index contributed by atoms with van der Waals surface area (Å²) in [5, 5.41) is 10.2. The minimum atomic E-state index is -0.590. The minimum absolute atomic E-state index is 0.189. The molecule has 18 heavy (non-hydrogen) atoms. The maximum Gasteiger partial charge on any atom is 0.123 e. The molecular formula is C14H20FNO2. The van der Waals surface area contributed by atoms with Crippen LogP contribution in [0.4, 0.5) is 4.39 Å². The van der Waals surface area contributed by atoms with Gasteiger partial charge in [-0.15, -0.1) is 0 Å². The molecule has 0 radical (unpaired) electrons. The van der Waals surface area contributed by atoms with Gasteiger partial charge >= 0.3 is 0 Å². The van der Waals surface area contributed by atoms with Crippen molar-refractivity contribution in [3.8, 4) is 0 Å². The lowest BCUT2D eigenvalue weighted by atomic mass is 9.99. The molecule has 3 nitrogen and oxygen atoms in total. The van der Waals surface area contributed by atoms with Crippen LogP contribution in [0.5, 0.6) is 0 Å². The summed E-state index contributed by atoms with van der Waals surface area (Å²) in [6, 6.07) is 4.67. The second-order valence-corrected chi connectivity index (χ2v) is 5.01. The van der Waals surface area contributed by atoms with Gasteiger partial charge in [0, 0.05) is 19.5 Å². The lowest BCUT2D eigenvalue weighted by molar-refractivity contribution is -0.0823. The highest BCUT2D eigenvalue weighted by molar-refractivity contribution is 5.27. The molecule has 0 aromatic heterocycles. The van der Waals surface area contributed by atoms with Crippen molar-refractivity contribution in [3.63, 3.8) is 0 Å². The molecule has 1 N–H and O–H groups in total. The zero-order valence-corrected chi connectivity index (χ0v) is 10.9. The topological polar surface area (TPSA) is 32.7 Å². The third-order valence-electron chi connectivity index (χ3n) is 3.47. The molecular weight excluding hydrogens is 233 g/mol. The summed E-state index contributed by atoms with van der Waals surface area (Å²) in [5.74, 6) is -0.260. The first kappa shape index (κ1) is 13.5. The number of hydrogen-bond acceptors (Lipinski definition) is 3. The Kier molecular flexibility index (Phi) is 4.32. The van der Waals surface area contributed by atoms with Gasteiger partial charge in [-0.05, 0) is 37.2 Å². The molecule has 0 aliphatic carbocycles. The molecule has 2 unspecified atom stereocenters. The highest BCUT2D eigenvalue weighted by atomic mass is 19.1. The summed E-state index contributed by atoms with van der Waals surface area (Å²) in [7, 11) is 2.01. The number of nitrogens with zero attached hydrogens (tertiary/aromatic N) is 1. The predicted octanol–water partition coefficient (Wildman–Crippen LogP) is 1.37. The Morgan fingerprint density at radius 2 is 2.33 bits per heavy atom. The number of aliphatic hydroxyl groups excluding tert-OH is 1. The van der Waals surface area contributed by atoms with E-state index in [1.165, 1.54) is 12.1 Å². The fraction of sp³-hybridized carbons (Fsp3) is 0.571. The van der Waals surface area contributed by atoms with Crippen molar-refractivity contribution in [2.75, 3.05) is 26.7 Å². The molecule has 0 saturated carbocycles. The van der Waals surface area contributed by atoms with E-state index in [1.807, 2.05) is 14.0 Å². The zero-order valence-electron chi connectivity index (χ0n) is 10.9. The second-order valence-electron chi connectivity index (χ2n) is 5.01. The maximum atomic E-state index is 13.2. The van der Waals surface area contributed by atoms with Crippen LogP contribution in [0, 0.1) is 12.7 Å². The summed E-state index contributed by atoms with van der Waals surface area (Å²) in [5.41, 5.74) is 1.85. The lowest BCUT2D eigenvalue weighted by Gasteiger charge is -2.33. The van der Waals surface area contributed by atoms with E-state index in [4.69, 9.17) is 4.74 Å². The molecule has 1 aliphatic heterocycles. The standard InChI is InChI=1S/C14H20FNO2/c1-10-3-4-12(15)7-11(10)8-13(17)14-9-16(2)5-6-18-14/h3-4,7,13-14,17H,5-6,8-9H2,1-2H3. The molecule has 1 heterocycles. The van der Waals surface area contributed by atoms with E-state index >= 15 is 0 Å². The SMILES string of the molecule is Cc1ccc(F)cc1CC(O)C1CN(C)CCO1. The number of benzene rings is 1. The third kappa shape index (κ3) is 3.28. The van der Waals surface area contributed by atoms with E-state index in [2.05, 4.69) is 4.90 Å². The zero-order chi connectivity index (χ0) is 13.1. The van der Waals surface area contributed by atoms with Gasteiger partial charge < -0.3 is 14.7 Å². The van der Waals surface area contributed by atoms with Crippen LogP contribution in [0.15, 0.2) is 18.2 Å². The quantitative estimate of drug-likeness (QED) is 0.883. The van der Waals surface area contributed by atoms with Crippen LogP contribution in [0.2, 0.25) is 0 Å². The van der Waals surface area contributed by atoms with Crippen molar-refractivity contribution in [2.24, 2.45) is 0 Å². The first-order chi connectivity index (χ1) is 8.56. The van der Waals surface area contributed by atoms with Crippen molar-refractivity contribution in [1.29, 1.82) is 0 Å². The monoisotopic (exact) mass is 253 g/mol. The summed E-state index contributed by atoms with van der Waals surface area (Å²) in [6.45, 7) is 4.17. The van der Waals surface area contributed by atoms with Gasteiger partial charge in [-0.2, -0.15) is 0 Å². The average molecular weight is 253 g/mol. The molecule has 2 atom stereocenters. The molecule has 1 aliphatic rings. The van der Waals surface area contributed by atoms with Crippen molar-refractivity contribution in [2.45, 2.75) is 25.6 Å². The Balaban J connectivity index is 2.01. The van der Waals surface area contributed by atoms with Gasteiger partial charge in [0.1, 0.15) is 5.82 Å². The Morgan fingerprint density at radius 1 is 1.56 bits per heavy atom. The van der Waals surface area contributed by atoms with E-state index in [0.717, 1.165) is 24.2 Å². The fourth-order valence-electron chi connectivity index (χ4n) is 2.26. The lowest BCUT2D eigenvalue weighted by Crippen LogP contribution is -2.46. The normalized spacial score (nSPS) is 23.0. The van der Waals surface area contributed by atoms with Crippen molar-refractivity contribution in [1.82, 2.24) is 4.90 Å². The number of hydrogen-bond donors (Lipinski definition) is 1. The van der Waals surface area contributed by atoms with E-state index in [1.54, 1.807) is 6.07 Å². The summed E-state index contributed by atoms with van der Waals surface area (Å²) in [6.07, 6.45) is -0.345. The van der Waals surface area contributed by atoms with Crippen molar-refractivity contribution >= 4 is 0 Å². The van der Waals surface area contributed by atoms with Crippen LogP contribution in [-0.4, -0.2) is 49.0 Å². The van der Waals surface area contributed by atoms with Gasteiger partial charge in [-0.25, -0.2) is 4.39 Å². The third-order valence-corrected chi connectivity index (χ3v) is 3.47. The summed E-state index contributed by atoms with van der Waals surface area (Å²) in [4.78, 5) is 2.13. The molecule has 1 saturated heterocycles. The van der Waals surface area contributed by atoms with Crippen LogP contribution >= 0.6 is 0 Å². The Bertz CT molecular complexity index is 411. The summed E-state index contributed by atoms with van der Waals surface area (Å²) >= 11 is 0. The molecule has 2 rings (SSSR count). The van der Waals surface area contributed by atoms with Crippen LogP contribution in [0.25, 0.3) is 0 Å². The van der Waals surface area contributed by atoms with Crippen LogP contribution in [0.3, 0.4) is 0 Å². The predicted molar refractivity (Wildman–Crippen MR) is 68.1 cm³/mol. The van der Waals surface area contributed by atoms with E-state index in [9.17, 15) is 9.50 Å². The van der Waals surface area contributed by atoms with Gasteiger partial charge in [0.15, 0.2) is 0 Å². The smallest absolute Gasteiger partial charge is 0.123 e. The molecule has 1 aromatic rings. The molecule has 0 spiro atoms. The summed E-state index contributed by atoms with van der Waals surface area (Å²) < 4.78 is 18.7. The highest BCUT2D eigenvalue weighted by Crippen LogP contribution is 2.16. The first-order valence-electron chi connectivity index (χ1n) is 6.29. The average Bonchev–Trinajstić information content (AvgIpc) is 2.34. The number of rotatable bonds is 3. The van der Waals surface area contributed by atoms with Gasteiger partial charge in [0.2, 0.25) is 0 Å². The van der Waals surface area contributed by atoms with Gasteiger partial charge in [-0.1, -0.05) is 6.07 Å². The molecule has 0 bridgehead atoms. The minimum Gasteiger partial charge on any atom is -0.390 e. The molecule has 1 fully saturated rings. The van der Waals surface area contributed by atoms with Gasteiger partial charge in [0.25, 0.3) is 0 Å². The van der Waals surface area contributed by atoms with Crippen molar-refractivity contribution in [3.05, 3.63) is 35.1 Å². The van der Waals surface area contributed by atoms with E-state index in [0.29, 0.717) is 13.0 Å². The Hall–Kier alpha value is -0.970. The second kappa shape index (κ2) is 5.78. The van der Waals surface area contributed by atoms with Crippen LogP contribution in [-0.2, 0) is 11.2 Å². The van der Waals surface area contributed by atoms with Gasteiger partial charge in [0.05, 0.1) is 18.8 Å². The number of halogens is 1. The molecule has 4 heteroatoms. The molecule has 1 aromatic carbocycles. The number of likely N-dealkylation sites (N-methyl/N-ethyl adjacent to an activating group) is 1. The van der Waals surface area contributed by atoms with Crippen LogP contribution < -0.4 is 0 Å². The van der Waals surface area contributed by atoms with E-state index < -0.39 is 6.10 Å². The Morgan fingerprint density at radius 3 is 3.06 bits per heavy atom. The fourth-order valence-corrected chi connectivity index (χ4v) is 2.26. The molecule has 0 amide bonds. The molecule has 100 valence electrons. The van der Waals surface area contributed by atoms with Crippen molar-refractivity contribution < 1.29 is 14.2 Å². The number of aryl methyl sites for hydroxylation is 1. The largest absolute Gasteiger partial charge is 0.390 e. The Labute approximate surface area is 107 Å². The number of aliphatic hydroxyl groups is 1. The maximum absolute atomic E-state index is 13.2. The number of ether oxygens (including phenoxy) is 1. The van der Waals surface area contributed by atoms with Gasteiger partial charge in [-0.3, -0.25) is 0 Å². The number of morpholine rings is 1. The first-order valence-corrected chi connectivity index (χ1v) is 6.29.